The number of aromatic nitrogens is 1. The number of fused-ring (bicyclic) bond motifs is 1. The first-order chi connectivity index (χ1) is 19.3. The van der Waals surface area contributed by atoms with Crippen LogP contribution in [0.1, 0.15) is 28.3 Å². The smallest absolute Gasteiger partial charge is 0.301 e. The first-order valence-electron chi connectivity index (χ1n) is 12.6. The summed E-state index contributed by atoms with van der Waals surface area (Å²) in [5.41, 5.74) is 3.76. The zero-order valence-corrected chi connectivity index (χ0v) is 23.2. The number of para-hydroxylation sites is 1. The molecule has 6 nitrogen and oxygen atoms in total. The fourth-order valence-corrected chi connectivity index (χ4v) is 6.24. The third kappa shape index (κ3) is 4.63. The Labute approximate surface area is 239 Å². The molecule has 1 amide bonds. The number of hydrogen-bond acceptors (Lipinski definition) is 6. The monoisotopic (exact) mass is 566 g/mol. The molecule has 1 N–H and O–H groups in total. The van der Waals surface area contributed by atoms with Gasteiger partial charge in [0.2, 0.25) is 0 Å². The number of rotatable bonds is 5. The number of ether oxygens (including phenoxy) is 1. The SMILES string of the molecule is Cc1cc(C)c2nc(N3C(=O)C(=O)C(=C(O)c4ccc(Cl)cc4)C3c3cccc(Oc4ccccc4)c3)sc2c1. The standard InChI is InChI=1S/C32H23ClN2O4S/c1-18-15-19(2)27-25(16-18)40-32(34-27)35-28(21-7-6-10-24(17-21)39-23-8-4-3-5-9-23)26(30(37)31(35)38)29(36)20-11-13-22(33)14-12-20/h3-17,28,36H,1-2H3. The van der Waals surface area contributed by atoms with Crippen molar-refractivity contribution in [3.63, 3.8) is 0 Å². The molecule has 1 aliphatic heterocycles. The average Bonchev–Trinajstić information content (AvgIpc) is 3.48. The van der Waals surface area contributed by atoms with Gasteiger partial charge in [-0.25, -0.2) is 4.98 Å². The van der Waals surface area contributed by atoms with E-state index in [0.29, 0.717) is 32.8 Å². The first kappa shape index (κ1) is 25.8. The number of amides is 1. The molecular formula is C32H23ClN2O4S. The Morgan fingerprint density at radius 1 is 0.925 bits per heavy atom. The molecule has 4 aromatic carbocycles. The van der Waals surface area contributed by atoms with E-state index in [9.17, 15) is 14.7 Å². The number of aliphatic hydroxyl groups is 1. The Balaban J connectivity index is 1.53. The van der Waals surface area contributed by atoms with Gasteiger partial charge in [-0.3, -0.25) is 14.5 Å². The lowest BCUT2D eigenvalue weighted by atomic mass is 9.95. The highest BCUT2D eigenvalue weighted by atomic mass is 35.5. The molecule has 1 aromatic heterocycles. The van der Waals surface area contributed by atoms with E-state index in [-0.39, 0.29) is 11.3 Å². The quantitative estimate of drug-likeness (QED) is 0.132. The van der Waals surface area contributed by atoms with Crippen molar-refractivity contribution in [1.29, 1.82) is 0 Å². The molecule has 1 unspecified atom stereocenters. The number of ketones is 1. The minimum atomic E-state index is -0.933. The van der Waals surface area contributed by atoms with Gasteiger partial charge >= 0.3 is 5.91 Å². The van der Waals surface area contributed by atoms with Gasteiger partial charge in [0.1, 0.15) is 17.3 Å². The number of carbonyl (C=O) groups is 2. The third-order valence-corrected chi connectivity index (χ3v) is 7.99. The van der Waals surface area contributed by atoms with Gasteiger partial charge in [0.15, 0.2) is 5.13 Å². The summed E-state index contributed by atoms with van der Waals surface area (Å²) < 4.78 is 6.96. The zero-order chi connectivity index (χ0) is 28.0. The molecule has 0 radical (unpaired) electrons. The number of anilines is 1. The van der Waals surface area contributed by atoms with Crippen LogP contribution in [0.4, 0.5) is 5.13 Å². The molecule has 0 saturated carbocycles. The Kier molecular flexibility index (Phi) is 6.62. The Hall–Kier alpha value is -4.46. The van der Waals surface area contributed by atoms with Crippen molar-refractivity contribution in [2.75, 3.05) is 4.90 Å². The summed E-state index contributed by atoms with van der Waals surface area (Å²) in [7, 11) is 0. The molecule has 40 heavy (non-hydrogen) atoms. The molecule has 0 bridgehead atoms. The van der Waals surface area contributed by atoms with Crippen molar-refractivity contribution in [1.82, 2.24) is 4.98 Å². The first-order valence-corrected chi connectivity index (χ1v) is 13.8. The molecule has 0 aliphatic carbocycles. The van der Waals surface area contributed by atoms with Crippen molar-refractivity contribution < 1.29 is 19.4 Å². The molecule has 5 aromatic rings. The number of hydrogen-bond donors (Lipinski definition) is 1. The zero-order valence-electron chi connectivity index (χ0n) is 21.6. The second-order valence-electron chi connectivity index (χ2n) is 9.59. The molecule has 1 saturated heterocycles. The lowest BCUT2D eigenvalue weighted by molar-refractivity contribution is -0.132. The van der Waals surface area contributed by atoms with Gasteiger partial charge in [-0.1, -0.05) is 59.3 Å². The van der Waals surface area contributed by atoms with E-state index >= 15 is 0 Å². The number of benzene rings is 4. The molecule has 0 spiro atoms. The van der Waals surface area contributed by atoms with E-state index in [4.69, 9.17) is 21.3 Å². The van der Waals surface area contributed by atoms with Gasteiger partial charge in [0.25, 0.3) is 5.78 Å². The van der Waals surface area contributed by atoms with Crippen LogP contribution < -0.4 is 9.64 Å². The van der Waals surface area contributed by atoms with Crippen LogP contribution in [0.5, 0.6) is 11.5 Å². The second-order valence-corrected chi connectivity index (χ2v) is 11.0. The van der Waals surface area contributed by atoms with E-state index in [1.54, 1.807) is 48.5 Å². The van der Waals surface area contributed by atoms with Crippen LogP contribution in [0.2, 0.25) is 5.02 Å². The number of halogens is 1. The predicted octanol–water partition coefficient (Wildman–Crippen LogP) is 7.99. The molecule has 6 rings (SSSR count). The number of carbonyl (C=O) groups excluding carboxylic acids is 2. The lowest BCUT2D eigenvalue weighted by Crippen LogP contribution is -2.29. The van der Waals surface area contributed by atoms with Gasteiger partial charge in [-0.15, -0.1) is 0 Å². The number of Topliss-reactive ketones (excluding diaryl/α,β-unsaturated/α-hetero) is 1. The maximum absolute atomic E-state index is 13.6. The minimum Gasteiger partial charge on any atom is -0.507 e. The van der Waals surface area contributed by atoms with Crippen LogP contribution >= 0.6 is 22.9 Å². The van der Waals surface area contributed by atoms with Crippen molar-refractivity contribution in [3.8, 4) is 11.5 Å². The van der Waals surface area contributed by atoms with Gasteiger partial charge in [0.05, 0.1) is 21.8 Å². The Bertz CT molecular complexity index is 1810. The van der Waals surface area contributed by atoms with E-state index in [0.717, 1.165) is 21.3 Å². The maximum atomic E-state index is 13.6. The van der Waals surface area contributed by atoms with Crippen LogP contribution in [0.25, 0.3) is 16.0 Å². The molecule has 1 atom stereocenters. The summed E-state index contributed by atoms with van der Waals surface area (Å²) in [5, 5.41) is 12.3. The minimum absolute atomic E-state index is 0.0312. The number of nitrogens with zero attached hydrogens (tertiary/aromatic N) is 2. The summed E-state index contributed by atoms with van der Waals surface area (Å²) in [6.07, 6.45) is 0. The van der Waals surface area contributed by atoms with Crippen LogP contribution in [-0.2, 0) is 9.59 Å². The molecule has 198 valence electrons. The summed E-state index contributed by atoms with van der Waals surface area (Å²) in [6.45, 7) is 3.97. The van der Waals surface area contributed by atoms with Crippen molar-refractivity contribution in [2.24, 2.45) is 0 Å². The number of thiazole rings is 1. The van der Waals surface area contributed by atoms with Crippen molar-refractivity contribution in [2.45, 2.75) is 19.9 Å². The van der Waals surface area contributed by atoms with Crippen LogP contribution in [0, 0.1) is 13.8 Å². The van der Waals surface area contributed by atoms with E-state index in [1.165, 1.54) is 16.2 Å². The highest BCUT2D eigenvalue weighted by Gasteiger charge is 2.48. The highest BCUT2D eigenvalue weighted by Crippen LogP contribution is 2.45. The topological polar surface area (TPSA) is 79.7 Å². The fourth-order valence-electron chi connectivity index (χ4n) is 4.94. The molecule has 8 heteroatoms. The van der Waals surface area contributed by atoms with Crippen molar-refractivity contribution in [3.05, 3.63) is 124 Å². The molecular weight excluding hydrogens is 544 g/mol. The van der Waals surface area contributed by atoms with Crippen LogP contribution in [-0.4, -0.2) is 21.8 Å². The highest BCUT2D eigenvalue weighted by molar-refractivity contribution is 7.22. The van der Waals surface area contributed by atoms with E-state index < -0.39 is 17.7 Å². The maximum Gasteiger partial charge on any atom is 0.301 e. The summed E-state index contributed by atoms with van der Waals surface area (Å²) in [5.74, 6) is -0.671. The summed E-state index contributed by atoms with van der Waals surface area (Å²) in [4.78, 5) is 33.4. The largest absolute Gasteiger partial charge is 0.507 e. The fraction of sp³-hybridized carbons (Fsp3) is 0.0938. The predicted molar refractivity (Wildman–Crippen MR) is 158 cm³/mol. The normalized spacial score (nSPS) is 16.6. The molecule has 2 heterocycles. The summed E-state index contributed by atoms with van der Waals surface area (Å²) in [6, 6.07) is 26.1. The molecule has 1 aliphatic rings. The van der Waals surface area contributed by atoms with Gasteiger partial charge < -0.3 is 9.84 Å². The van der Waals surface area contributed by atoms with Crippen LogP contribution in [0.3, 0.4) is 0 Å². The van der Waals surface area contributed by atoms with Crippen molar-refractivity contribution >= 4 is 55.7 Å². The number of aryl methyl sites for hydroxylation is 2. The van der Waals surface area contributed by atoms with Crippen LogP contribution in [0.15, 0.2) is 96.6 Å². The van der Waals surface area contributed by atoms with E-state index in [2.05, 4.69) is 0 Å². The van der Waals surface area contributed by atoms with Gasteiger partial charge in [0, 0.05) is 10.6 Å². The van der Waals surface area contributed by atoms with Gasteiger partial charge in [-0.05, 0) is 85.1 Å². The Morgan fingerprint density at radius 3 is 2.40 bits per heavy atom. The lowest BCUT2D eigenvalue weighted by Gasteiger charge is -2.23. The Morgan fingerprint density at radius 2 is 1.65 bits per heavy atom. The second kappa shape index (κ2) is 10.3. The third-order valence-electron chi connectivity index (χ3n) is 6.74. The summed E-state index contributed by atoms with van der Waals surface area (Å²) >= 11 is 7.39. The van der Waals surface area contributed by atoms with E-state index in [1.807, 2.05) is 56.3 Å². The average molecular weight is 567 g/mol. The molecule has 1 fully saturated rings. The van der Waals surface area contributed by atoms with Gasteiger partial charge in [-0.2, -0.15) is 0 Å². The number of aliphatic hydroxyl groups excluding tert-OH is 1.